The van der Waals surface area contributed by atoms with Crippen LogP contribution in [-0.4, -0.2) is 47.5 Å². The van der Waals surface area contributed by atoms with Gasteiger partial charge in [0.15, 0.2) is 5.69 Å². The van der Waals surface area contributed by atoms with Crippen molar-refractivity contribution in [3.05, 3.63) is 11.8 Å². The Morgan fingerprint density at radius 2 is 2.00 bits per heavy atom. The van der Waals surface area contributed by atoms with Crippen LogP contribution >= 0.6 is 0 Å². The first-order valence-electron chi connectivity index (χ1n) is 5.48. The van der Waals surface area contributed by atoms with E-state index in [4.69, 9.17) is 5.73 Å². The standard InChI is InChI=1S/C10H12F3N5O/c1-17-2-3-18(5-8(17)19)7-4-6(10(11,12)13)15-9(14)16-7/h4H,2-3,5H2,1H3,(H2,14,15,16). The van der Waals surface area contributed by atoms with Crippen molar-refractivity contribution in [2.24, 2.45) is 0 Å². The lowest BCUT2D eigenvalue weighted by atomic mass is 10.3. The van der Waals surface area contributed by atoms with Crippen LogP contribution in [-0.2, 0) is 11.0 Å². The summed E-state index contributed by atoms with van der Waals surface area (Å²) in [6.45, 7) is 0.796. The topological polar surface area (TPSA) is 75.3 Å². The number of halogens is 3. The monoisotopic (exact) mass is 275 g/mol. The molecule has 1 amide bonds. The lowest BCUT2D eigenvalue weighted by Crippen LogP contribution is -2.49. The first-order chi connectivity index (χ1) is 8.77. The Hall–Kier alpha value is -2.06. The fraction of sp³-hybridized carbons (Fsp3) is 0.500. The lowest BCUT2D eigenvalue weighted by Gasteiger charge is -2.32. The number of piperazine rings is 1. The van der Waals surface area contributed by atoms with Crippen LogP contribution in [0.3, 0.4) is 0 Å². The van der Waals surface area contributed by atoms with Crippen molar-refractivity contribution in [1.29, 1.82) is 0 Å². The first kappa shape index (κ1) is 13.4. The van der Waals surface area contributed by atoms with Gasteiger partial charge in [-0.05, 0) is 0 Å². The van der Waals surface area contributed by atoms with E-state index in [2.05, 4.69) is 9.97 Å². The van der Waals surface area contributed by atoms with Crippen molar-refractivity contribution in [3.8, 4) is 0 Å². The number of nitrogen functional groups attached to an aromatic ring is 1. The van der Waals surface area contributed by atoms with Crippen LogP contribution in [0.5, 0.6) is 0 Å². The Kier molecular flexibility index (Phi) is 3.21. The molecule has 0 radical (unpaired) electrons. The van der Waals surface area contributed by atoms with Crippen molar-refractivity contribution in [1.82, 2.24) is 14.9 Å². The molecule has 1 fully saturated rings. The van der Waals surface area contributed by atoms with Gasteiger partial charge in [-0.1, -0.05) is 0 Å². The number of amides is 1. The number of aromatic nitrogens is 2. The maximum Gasteiger partial charge on any atom is 0.433 e. The number of hydrogen-bond acceptors (Lipinski definition) is 5. The zero-order valence-electron chi connectivity index (χ0n) is 10.1. The summed E-state index contributed by atoms with van der Waals surface area (Å²) < 4.78 is 37.8. The van der Waals surface area contributed by atoms with Crippen LogP contribution in [0.25, 0.3) is 0 Å². The summed E-state index contributed by atoms with van der Waals surface area (Å²) in [6, 6.07) is 0.801. The molecular weight excluding hydrogens is 263 g/mol. The molecule has 0 aliphatic carbocycles. The highest BCUT2D eigenvalue weighted by atomic mass is 19.4. The molecule has 1 aliphatic heterocycles. The minimum atomic E-state index is -4.59. The number of rotatable bonds is 1. The quantitative estimate of drug-likeness (QED) is 0.800. The number of likely N-dealkylation sites (N-methyl/N-ethyl adjacent to an activating group) is 1. The summed E-state index contributed by atoms with van der Waals surface area (Å²) in [4.78, 5) is 21.4. The number of carbonyl (C=O) groups is 1. The van der Waals surface area contributed by atoms with Gasteiger partial charge in [-0.15, -0.1) is 0 Å². The number of nitrogens with two attached hydrogens (primary N) is 1. The Balaban J connectivity index is 2.30. The van der Waals surface area contributed by atoms with Gasteiger partial charge in [-0.25, -0.2) is 4.98 Å². The van der Waals surface area contributed by atoms with E-state index in [1.807, 2.05) is 0 Å². The van der Waals surface area contributed by atoms with Crippen LogP contribution in [0.4, 0.5) is 24.9 Å². The molecule has 19 heavy (non-hydrogen) atoms. The van der Waals surface area contributed by atoms with E-state index in [9.17, 15) is 18.0 Å². The zero-order valence-corrected chi connectivity index (χ0v) is 10.1. The largest absolute Gasteiger partial charge is 0.433 e. The van der Waals surface area contributed by atoms with Crippen LogP contribution in [0.1, 0.15) is 5.69 Å². The SMILES string of the molecule is CN1CCN(c2cc(C(F)(F)F)nc(N)n2)CC1=O. The molecule has 0 spiro atoms. The second-order valence-corrected chi connectivity index (χ2v) is 4.20. The maximum atomic E-state index is 12.6. The predicted octanol–water partition coefficient (Wildman–Crippen LogP) is 0.356. The third-order valence-electron chi connectivity index (χ3n) is 2.80. The van der Waals surface area contributed by atoms with E-state index >= 15 is 0 Å². The predicted molar refractivity (Wildman–Crippen MR) is 61.3 cm³/mol. The Bertz CT molecular complexity index is 504. The number of carbonyl (C=O) groups excluding carboxylic acids is 1. The Morgan fingerprint density at radius 1 is 1.32 bits per heavy atom. The third-order valence-corrected chi connectivity index (χ3v) is 2.80. The number of nitrogens with zero attached hydrogens (tertiary/aromatic N) is 4. The first-order valence-corrected chi connectivity index (χ1v) is 5.48. The lowest BCUT2D eigenvalue weighted by molar-refractivity contribution is -0.141. The molecule has 0 saturated carbocycles. The highest BCUT2D eigenvalue weighted by Gasteiger charge is 2.34. The van der Waals surface area contributed by atoms with E-state index in [-0.39, 0.29) is 18.3 Å². The van der Waals surface area contributed by atoms with Crippen molar-refractivity contribution >= 4 is 17.7 Å². The van der Waals surface area contributed by atoms with Gasteiger partial charge in [0.1, 0.15) is 5.82 Å². The summed E-state index contributed by atoms with van der Waals surface area (Å²) in [5.74, 6) is -0.630. The molecule has 1 aromatic rings. The van der Waals surface area contributed by atoms with E-state index < -0.39 is 17.8 Å². The average molecular weight is 275 g/mol. The summed E-state index contributed by atoms with van der Waals surface area (Å²) in [5, 5.41) is 0. The van der Waals surface area contributed by atoms with Gasteiger partial charge in [0.05, 0.1) is 6.54 Å². The van der Waals surface area contributed by atoms with Crippen molar-refractivity contribution in [2.75, 3.05) is 37.3 Å². The molecule has 0 unspecified atom stereocenters. The van der Waals surface area contributed by atoms with E-state index in [0.717, 1.165) is 6.07 Å². The summed E-state index contributed by atoms with van der Waals surface area (Å²) in [5.41, 5.74) is 4.17. The molecule has 1 aliphatic rings. The summed E-state index contributed by atoms with van der Waals surface area (Å²) in [6.07, 6.45) is -4.59. The molecule has 2 rings (SSSR count). The molecule has 1 saturated heterocycles. The fourth-order valence-electron chi connectivity index (χ4n) is 1.71. The van der Waals surface area contributed by atoms with Gasteiger partial charge >= 0.3 is 6.18 Å². The number of anilines is 2. The molecule has 0 aromatic carbocycles. The molecule has 6 nitrogen and oxygen atoms in total. The smallest absolute Gasteiger partial charge is 0.368 e. The van der Waals surface area contributed by atoms with Crippen LogP contribution in [0.15, 0.2) is 6.07 Å². The molecule has 1 aromatic heterocycles. The Labute approximate surface area is 107 Å². The fourth-order valence-corrected chi connectivity index (χ4v) is 1.71. The molecule has 9 heteroatoms. The number of hydrogen-bond donors (Lipinski definition) is 1. The van der Waals surface area contributed by atoms with Crippen LogP contribution < -0.4 is 10.6 Å². The molecule has 0 bridgehead atoms. The zero-order chi connectivity index (χ0) is 14.2. The molecular formula is C10H12F3N5O. The van der Waals surface area contributed by atoms with Gasteiger partial charge in [0.25, 0.3) is 0 Å². The molecule has 2 N–H and O–H groups in total. The van der Waals surface area contributed by atoms with E-state index in [1.165, 1.54) is 9.80 Å². The highest BCUT2D eigenvalue weighted by molar-refractivity contribution is 5.82. The van der Waals surface area contributed by atoms with Gasteiger partial charge in [0.2, 0.25) is 11.9 Å². The van der Waals surface area contributed by atoms with Gasteiger partial charge < -0.3 is 15.5 Å². The number of alkyl halides is 3. The minimum Gasteiger partial charge on any atom is -0.368 e. The van der Waals surface area contributed by atoms with Gasteiger partial charge in [-0.3, -0.25) is 4.79 Å². The van der Waals surface area contributed by atoms with Crippen molar-refractivity contribution in [3.63, 3.8) is 0 Å². The van der Waals surface area contributed by atoms with Crippen LogP contribution in [0.2, 0.25) is 0 Å². The summed E-state index contributed by atoms with van der Waals surface area (Å²) in [7, 11) is 1.63. The normalized spacial score (nSPS) is 16.9. The van der Waals surface area contributed by atoms with E-state index in [0.29, 0.717) is 13.1 Å². The highest BCUT2D eigenvalue weighted by Crippen LogP contribution is 2.30. The second-order valence-electron chi connectivity index (χ2n) is 4.20. The molecule has 0 atom stereocenters. The third kappa shape index (κ3) is 2.85. The van der Waals surface area contributed by atoms with Crippen LogP contribution in [0, 0.1) is 0 Å². The molecule has 104 valence electrons. The minimum absolute atomic E-state index is 0.0151. The summed E-state index contributed by atoms with van der Waals surface area (Å²) >= 11 is 0. The average Bonchev–Trinajstić information content (AvgIpc) is 2.31. The molecule has 2 heterocycles. The maximum absolute atomic E-state index is 12.6. The van der Waals surface area contributed by atoms with Gasteiger partial charge in [-0.2, -0.15) is 18.2 Å². The van der Waals surface area contributed by atoms with Gasteiger partial charge in [0, 0.05) is 26.2 Å². The Morgan fingerprint density at radius 3 is 2.58 bits per heavy atom. The van der Waals surface area contributed by atoms with E-state index in [1.54, 1.807) is 7.05 Å². The second kappa shape index (κ2) is 4.56. The van der Waals surface area contributed by atoms with Crippen molar-refractivity contribution in [2.45, 2.75) is 6.18 Å². The van der Waals surface area contributed by atoms with Crippen molar-refractivity contribution < 1.29 is 18.0 Å².